The number of nitrogens with one attached hydrogen (secondary N) is 3. The Hall–Kier alpha value is -4.45. The lowest BCUT2D eigenvalue weighted by Crippen LogP contribution is -2.49. The van der Waals surface area contributed by atoms with Crippen LogP contribution in [0.1, 0.15) is 29.8 Å². The smallest absolute Gasteiger partial charge is 0.271 e. The van der Waals surface area contributed by atoms with Gasteiger partial charge in [-0.3, -0.25) is 14.4 Å². The summed E-state index contributed by atoms with van der Waals surface area (Å²) >= 11 is 0. The normalized spacial score (nSPS) is 21.5. The molecule has 3 aromatic rings. The van der Waals surface area contributed by atoms with Crippen molar-refractivity contribution in [3.05, 3.63) is 60.3 Å². The van der Waals surface area contributed by atoms with Crippen LogP contribution in [0.4, 0.5) is 0 Å². The number of rotatable bonds is 8. The van der Waals surface area contributed by atoms with Crippen LogP contribution in [0.5, 0.6) is 11.5 Å². The number of terminal acetylenes is 1. The molecule has 0 radical (unpaired) electrons. The monoisotopic (exact) mass is 514 g/mol. The summed E-state index contributed by atoms with van der Waals surface area (Å²) in [6.07, 6.45) is 6.65. The number of likely N-dealkylation sites (tertiary alicyclic amines) is 1. The van der Waals surface area contributed by atoms with Gasteiger partial charge in [-0.1, -0.05) is 30.2 Å². The summed E-state index contributed by atoms with van der Waals surface area (Å²) in [5.41, 5.74) is 1.10. The van der Waals surface area contributed by atoms with E-state index in [-0.39, 0.29) is 36.3 Å². The summed E-state index contributed by atoms with van der Waals surface area (Å²) in [5.74, 6) is 2.91. The van der Waals surface area contributed by atoms with Gasteiger partial charge in [0.1, 0.15) is 29.3 Å². The van der Waals surface area contributed by atoms with E-state index in [1.807, 2.05) is 48.5 Å². The molecule has 38 heavy (non-hydrogen) atoms. The standard InChI is InChI=1S/C29H30N4O5/c1-3-19(14-18-12-13-30-27(18)34)31-28(35)25-15-21(38-20-8-5-4-6-9-20)17-33(25)29(36)24-16-22-23(32-24)10-7-11-26(22)37-2/h1,4-11,16,18-19,21,25,32H,12-15,17H2,2H3,(H,30,34)(H,31,35). The number of nitrogens with zero attached hydrogens (tertiary/aromatic N) is 1. The number of carbonyl (C=O) groups is 3. The second-order valence-corrected chi connectivity index (χ2v) is 9.61. The molecule has 2 aromatic carbocycles. The number of methoxy groups -OCH3 is 1. The van der Waals surface area contributed by atoms with Crippen LogP contribution in [0.25, 0.3) is 10.9 Å². The van der Waals surface area contributed by atoms with Gasteiger partial charge < -0.3 is 30.0 Å². The van der Waals surface area contributed by atoms with Gasteiger partial charge in [-0.25, -0.2) is 0 Å². The Kier molecular flexibility index (Phi) is 7.22. The van der Waals surface area contributed by atoms with E-state index in [0.717, 1.165) is 10.9 Å². The molecule has 0 aliphatic carbocycles. The van der Waals surface area contributed by atoms with E-state index in [1.165, 1.54) is 4.90 Å². The van der Waals surface area contributed by atoms with Crippen LogP contribution in [-0.2, 0) is 9.59 Å². The number of aromatic amines is 1. The third-order valence-electron chi connectivity index (χ3n) is 7.15. The summed E-state index contributed by atoms with van der Waals surface area (Å²) in [4.78, 5) is 43.9. The van der Waals surface area contributed by atoms with E-state index >= 15 is 0 Å². The molecule has 9 heteroatoms. The predicted octanol–water partition coefficient (Wildman–Crippen LogP) is 2.48. The van der Waals surface area contributed by atoms with Crippen LogP contribution in [-0.4, -0.2) is 66.0 Å². The van der Waals surface area contributed by atoms with Crippen LogP contribution < -0.4 is 20.1 Å². The van der Waals surface area contributed by atoms with Crippen molar-refractivity contribution in [1.82, 2.24) is 20.5 Å². The topological polar surface area (TPSA) is 113 Å². The quantitative estimate of drug-likeness (QED) is 0.400. The summed E-state index contributed by atoms with van der Waals surface area (Å²) in [5, 5.41) is 6.46. The maximum atomic E-state index is 13.7. The second-order valence-electron chi connectivity index (χ2n) is 9.61. The van der Waals surface area contributed by atoms with Crippen molar-refractivity contribution < 1.29 is 23.9 Å². The van der Waals surface area contributed by atoms with E-state index < -0.39 is 12.1 Å². The highest BCUT2D eigenvalue weighted by Gasteiger charge is 2.42. The third-order valence-corrected chi connectivity index (χ3v) is 7.15. The van der Waals surface area contributed by atoms with Gasteiger partial charge >= 0.3 is 0 Å². The van der Waals surface area contributed by atoms with Crippen LogP contribution in [0.15, 0.2) is 54.6 Å². The van der Waals surface area contributed by atoms with Crippen molar-refractivity contribution in [3.63, 3.8) is 0 Å². The number of amides is 3. The molecule has 3 amide bonds. The van der Waals surface area contributed by atoms with E-state index in [2.05, 4.69) is 21.5 Å². The Labute approximate surface area is 220 Å². The molecule has 4 unspecified atom stereocenters. The molecule has 3 N–H and O–H groups in total. The first-order valence-corrected chi connectivity index (χ1v) is 12.7. The first-order chi connectivity index (χ1) is 18.5. The Balaban J connectivity index is 1.37. The molecule has 4 atom stereocenters. The second kappa shape index (κ2) is 10.9. The molecular weight excluding hydrogens is 484 g/mol. The van der Waals surface area contributed by atoms with E-state index in [0.29, 0.717) is 43.0 Å². The fourth-order valence-corrected chi connectivity index (χ4v) is 5.21. The Morgan fingerprint density at radius 3 is 2.74 bits per heavy atom. The average molecular weight is 515 g/mol. The van der Waals surface area contributed by atoms with Crippen LogP contribution in [0, 0.1) is 18.3 Å². The van der Waals surface area contributed by atoms with Gasteiger partial charge in [-0.15, -0.1) is 6.42 Å². The minimum absolute atomic E-state index is 0.0530. The van der Waals surface area contributed by atoms with Gasteiger partial charge in [0.25, 0.3) is 5.91 Å². The molecular formula is C29H30N4O5. The molecule has 2 saturated heterocycles. The third kappa shape index (κ3) is 5.16. The number of benzene rings is 2. The highest BCUT2D eigenvalue weighted by molar-refractivity contribution is 6.01. The van der Waals surface area contributed by atoms with E-state index in [9.17, 15) is 14.4 Å². The largest absolute Gasteiger partial charge is 0.496 e. The minimum Gasteiger partial charge on any atom is -0.496 e. The van der Waals surface area contributed by atoms with Crippen LogP contribution in [0.3, 0.4) is 0 Å². The molecule has 2 aliphatic rings. The van der Waals surface area contributed by atoms with E-state index in [4.69, 9.17) is 15.9 Å². The summed E-state index contributed by atoms with van der Waals surface area (Å²) in [6.45, 7) is 0.831. The van der Waals surface area contributed by atoms with Gasteiger partial charge in [0, 0.05) is 29.8 Å². The zero-order valence-electron chi connectivity index (χ0n) is 21.1. The zero-order valence-corrected chi connectivity index (χ0v) is 21.1. The fourth-order valence-electron chi connectivity index (χ4n) is 5.21. The molecule has 2 fully saturated rings. The number of para-hydroxylation sites is 1. The zero-order chi connectivity index (χ0) is 26.6. The van der Waals surface area contributed by atoms with Gasteiger partial charge in [0.15, 0.2) is 0 Å². The van der Waals surface area contributed by atoms with E-state index in [1.54, 1.807) is 13.2 Å². The molecule has 0 spiro atoms. The minimum atomic E-state index is -0.794. The van der Waals surface area contributed by atoms with Crippen molar-refractivity contribution in [2.45, 2.75) is 37.5 Å². The van der Waals surface area contributed by atoms with Gasteiger partial charge in [0.05, 0.1) is 19.7 Å². The molecule has 1 aromatic heterocycles. The SMILES string of the molecule is C#CC(CC1CCNC1=O)NC(=O)C1CC(Oc2ccccc2)CN1C(=O)c1cc2c(OC)cccc2[nH]1. The molecule has 5 rings (SSSR count). The van der Waals surface area contributed by atoms with Gasteiger partial charge in [-0.05, 0) is 43.2 Å². The number of H-pyrrole nitrogens is 1. The van der Waals surface area contributed by atoms with Crippen molar-refractivity contribution >= 4 is 28.6 Å². The maximum Gasteiger partial charge on any atom is 0.271 e. The number of carbonyl (C=O) groups excluding carboxylic acids is 3. The lowest BCUT2D eigenvalue weighted by atomic mass is 9.98. The summed E-state index contributed by atoms with van der Waals surface area (Å²) < 4.78 is 11.6. The maximum absolute atomic E-state index is 13.7. The van der Waals surface area contributed by atoms with Crippen molar-refractivity contribution in [3.8, 4) is 23.8 Å². The summed E-state index contributed by atoms with van der Waals surface area (Å²) in [6, 6.07) is 15.1. The first-order valence-electron chi connectivity index (χ1n) is 12.7. The highest BCUT2D eigenvalue weighted by atomic mass is 16.5. The molecule has 196 valence electrons. The van der Waals surface area contributed by atoms with Crippen molar-refractivity contribution in [2.75, 3.05) is 20.2 Å². The number of aromatic nitrogens is 1. The molecule has 0 saturated carbocycles. The van der Waals surface area contributed by atoms with Crippen molar-refractivity contribution in [2.24, 2.45) is 5.92 Å². The Morgan fingerprint density at radius 2 is 2.03 bits per heavy atom. The van der Waals surface area contributed by atoms with Gasteiger partial charge in [-0.2, -0.15) is 0 Å². The number of fused-ring (bicyclic) bond motifs is 1. The molecule has 3 heterocycles. The van der Waals surface area contributed by atoms with Gasteiger partial charge in [0.2, 0.25) is 11.8 Å². The lowest BCUT2D eigenvalue weighted by molar-refractivity contribution is -0.126. The average Bonchev–Trinajstić information content (AvgIpc) is 3.66. The fraction of sp³-hybridized carbons (Fsp3) is 0.345. The summed E-state index contributed by atoms with van der Waals surface area (Å²) in [7, 11) is 1.58. The van der Waals surface area contributed by atoms with Crippen molar-refractivity contribution in [1.29, 1.82) is 0 Å². The highest BCUT2D eigenvalue weighted by Crippen LogP contribution is 2.29. The Bertz CT molecular complexity index is 1380. The number of ether oxygens (including phenoxy) is 2. The van der Waals surface area contributed by atoms with Crippen LogP contribution in [0.2, 0.25) is 0 Å². The number of hydrogen-bond donors (Lipinski definition) is 3. The molecule has 0 bridgehead atoms. The number of hydrogen-bond acceptors (Lipinski definition) is 5. The lowest BCUT2D eigenvalue weighted by Gasteiger charge is -2.25. The molecule has 9 nitrogen and oxygen atoms in total. The predicted molar refractivity (Wildman–Crippen MR) is 142 cm³/mol. The molecule has 2 aliphatic heterocycles. The first kappa shape index (κ1) is 25.2. The Morgan fingerprint density at radius 1 is 1.21 bits per heavy atom. The van der Waals surface area contributed by atoms with Crippen LogP contribution >= 0.6 is 0 Å².